The molecule has 120 valence electrons. The zero-order valence-electron chi connectivity index (χ0n) is 13.6. The Labute approximate surface area is 133 Å². The van der Waals surface area contributed by atoms with Crippen LogP contribution in [0.25, 0.3) is 0 Å². The lowest BCUT2D eigenvalue weighted by Gasteiger charge is -2.30. The largest absolute Gasteiger partial charge is 0.337 e. The van der Waals surface area contributed by atoms with Crippen molar-refractivity contribution in [3.63, 3.8) is 0 Å². The average Bonchev–Trinajstić information content (AvgIpc) is 3.03. The average molecular weight is 302 g/mol. The molecule has 1 heterocycles. The van der Waals surface area contributed by atoms with Gasteiger partial charge in [-0.2, -0.15) is 0 Å². The summed E-state index contributed by atoms with van der Waals surface area (Å²) in [5.41, 5.74) is 1.13. The van der Waals surface area contributed by atoms with Crippen molar-refractivity contribution >= 4 is 11.8 Å². The number of hydrogen-bond donors (Lipinski definition) is 0. The van der Waals surface area contributed by atoms with Gasteiger partial charge >= 0.3 is 0 Å². The van der Waals surface area contributed by atoms with Crippen LogP contribution in [0.5, 0.6) is 0 Å². The van der Waals surface area contributed by atoms with E-state index in [9.17, 15) is 9.59 Å². The van der Waals surface area contributed by atoms with E-state index in [1.54, 1.807) is 4.90 Å². The lowest BCUT2D eigenvalue weighted by atomic mass is 10.1. The van der Waals surface area contributed by atoms with Crippen LogP contribution in [0, 0.1) is 0 Å². The highest BCUT2D eigenvalue weighted by atomic mass is 16.2. The highest BCUT2D eigenvalue weighted by molar-refractivity contribution is 5.88. The first-order valence-corrected chi connectivity index (χ1v) is 8.29. The molecule has 1 fully saturated rings. The van der Waals surface area contributed by atoms with Crippen molar-refractivity contribution in [2.75, 3.05) is 13.1 Å². The maximum absolute atomic E-state index is 12.8. The molecule has 0 bridgehead atoms. The van der Waals surface area contributed by atoms with Gasteiger partial charge in [-0.1, -0.05) is 37.3 Å². The van der Waals surface area contributed by atoms with E-state index in [0.29, 0.717) is 19.5 Å². The molecule has 2 rings (SSSR count). The van der Waals surface area contributed by atoms with Crippen molar-refractivity contribution in [2.24, 2.45) is 0 Å². The highest BCUT2D eigenvalue weighted by Gasteiger charge is 2.35. The van der Waals surface area contributed by atoms with E-state index < -0.39 is 0 Å². The Morgan fingerprint density at radius 3 is 2.59 bits per heavy atom. The van der Waals surface area contributed by atoms with E-state index in [1.165, 1.54) is 0 Å². The molecule has 1 aromatic carbocycles. The Morgan fingerprint density at radius 1 is 1.23 bits per heavy atom. The lowest BCUT2D eigenvalue weighted by molar-refractivity contribution is -0.144. The van der Waals surface area contributed by atoms with Gasteiger partial charge in [0.1, 0.15) is 6.04 Å². The molecule has 0 saturated carbocycles. The predicted molar refractivity (Wildman–Crippen MR) is 87.2 cm³/mol. The molecular formula is C18H26N2O2. The number of benzene rings is 1. The molecule has 2 amide bonds. The smallest absolute Gasteiger partial charge is 0.245 e. The van der Waals surface area contributed by atoms with E-state index in [1.807, 2.05) is 49.1 Å². The number of rotatable bonds is 6. The molecule has 1 unspecified atom stereocenters. The van der Waals surface area contributed by atoms with Crippen LogP contribution in [-0.2, 0) is 16.1 Å². The normalized spacial score (nSPS) is 17.5. The zero-order valence-corrected chi connectivity index (χ0v) is 13.6. The van der Waals surface area contributed by atoms with Gasteiger partial charge in [-0.3, -0.25) is 9.59 Å². The summed E-state index contributed by atoms with van der Waals surface area (Å²) in [6, 6.07) is 9.75. The first-order chi connectivity index (χ1) is 10.7. The molecule has 4 nitrogen and oxygen atoms in total. The summed E-state index contributed by atoms with van der Waals surface area (Å²) in [5.74, 6) is 0.211. The Kier molecular flexibility index (Phi) is 5.99. The van der Waals surface area contributed by atoms with Crippen LogP contribution in [0.3, 0.4) is 0 Å². The summed E-state index contributed by atoms with van der Waals surface area (Å²) in [7, 11) is 0. The van der Waals surface area contributed by atoms with Crippen molar-refractivity contribution in [1.82, 2.24) is 9.80 Å². The number of likely N-dealkylation sites (tertiary alicyclic amines) is 1. The molecule has 0 N–H and O–H groups in total. The maximum atomic E-state index is 12.8. The van der Waals surface area contributed by atoms with Gasteiger partial charge < -0.3 is 9.80 Å². The molecule has 0 aromatic heterocycles. The Balaban J connectivity index is 2.05. The minimum absolute atomic E-state index is 0.0910. The van der Waals surface area contributed by atoms with Gasteiger partial charge in [-0.15, -0.1) is 0 Å². The topological polar surface area (TPSA) is 40.6 Å². The molecule has 22 heavy (non-hydrogen) atoms. The number of hydrogen-bond acceptors (Lipinski definition) is 2. The van der Waals surface area contributed by atoms with Crippen molar-refractivity contribution < 1.29 is 9.59 Å². The SMILES string of the molecule is CCCC(=O)N1CCCC1C(=O)N(CC)Cc1ccccc1. The third kappa shape index (κ3) is 3.87. The number of nitrogens with zero attached hydrogens (tertiary/aromatic N) is 2. The molecule has 0 radical (unpaired) electrons. The van der Waals surface area contributed by atoms with Gasteiger partial charge in [0.25, 0.3) is 0 Å². The second-order valence-corrected chi connectivity index (χ2v) is 5.83. The van der Waals surface area contributed by atoms with Gasteiger partial charge in [0, 0.05) is 26.1 Å². The Morgan fingerprint density at radius 2 is 1.95 bits per heavy atom. The molecule has 1 aliphatic heterocycles. The van der Waals surface area contributed by atoms with Crippen molar-refractivity contribution in [1.29, 1.82) is 0 Å². The van der Waals surface area contributed by atoms with Crippen LogP contribution in [-0.4, -0.2) is 40.7 Å². The van der Waals surface area contributed by atoms with Crippen LogP contribution in [0.4, 0.5) is 0 Å². The minimum atomic E-state index is -0.261. The van der Waals surface area contributed by atoms with Gasteiger partial charge in [-0.05, 0) is 31.7 Å². The number of carbonyl (C=O) groups excluding carboxylic acids is 2. The molecule has 1 aliphatic rings. The minimum Gasteiger partial charge on any atom is -0.337 e. The summed E-state index contributed by atoms with van der Waals surface area (Å²) in [6.07, 6.45) is 3.08. The fourth-order valence-corrected chi connectivity index (χ4v) is 3.04. The fraction of sp³-hybridized carbons (Fsp3) is 0.556. The highest BCUT2D eigenvalue weighted by Crippen LogP contribution is 2.21. The second kappa shape index (κ2) is 7.97. The molecule has 0 aliphatic carbocycles. The van der Waals surface area contributed by atoms with E-state index in [0.717, 1.165) is 31.4 Å². The van der Waals surface area contributed by atoms with Gasteiger partial charge in [-0.25, -0.2) is 0 Å². The van der Waals surface area contributed by atoms with Crippen molar-refractivity contribution in [2.45, 2.75) is 52.1 Å². The van der Waals surface area contributed by atoms with Crippen LogP contribution >= 0.6 is 0 Å². The summed E-state index contributed by atoms with van der Waals surface area (Å²) < 4.78 is 0. The van der Waals surface area contributed by atoms with Crippen LogP contribution in [0.2, 0.25) is 0 Å². The molecular weight excluding hydrogens is 276 g/mol. The zero-order chi connectivity index (χ0) is 15.9. The van der Waals surface area contributed by atoms with Gasteiger partial charge in [0.05, 0.1) is 0 Å². The van der Waals surface area contributed by atoms with Crippen LogP contribution in [0.1, 0.15) is 45.1 Å². The number of amides is 2. The second-order valence-electron chi connectivity index (χ2n) is 5.83. The van der Waals surface area contributed by atoms with Gasteiger partial charge in [0.15, 0.2) is 0 Å². The summed E-state index contributed by atoms with van der Waals surface area (Å²) in [4.78, 5) is 28.7. The fourth-order valence-electron chi connectivity index (χ4n) is 3.04. The molecule has 1 atom stereocenters. The summed E-state index contributed by atoms with van der Waals surface area (Å²) in [6.45, 7) is 5.99. The monoisotopic (exact) mass is 302 g/mol. The van der Waals surface area contributed by atoms with E-state index in [-0.39, 0.29) is 17.9 Å². The maximum Gasteiger partial charge on any atom is 0.245 e. The van der Waals surface area contributed by atoms with Crippen molar-refractivity contribution in [3.8, 4) is 0 Å². The molecule has 1 saturated heterocycles. The van der Waals surface area contributed by atoms with E-state index in [4.69, 9.17) is 0 Å². The van der Waals surface area contributed by atoms with E-state index >= 15 is 0 Å². The first kappa shape index (κ1) is 16.5. The Hall–Kier alpha value is -1.84. The molecule has 4 heteroatoms. The third-order valence-corrected chi connectivity index (χ3v) is 4.23. The van der Waals surface area contributed by atoms with Gasteiger partial charge in [0.2, 0.25) is 11.8 Å². The van der Waals surface area contributed by atoms with E-state index in [2.05, 4.69) is 0 Å². The lowest BCUT2D eigenvalue weighted by Crippen LogP contribution is -2.47. The number of carbonyl (C=O) groups is 2. The third-order valence-electron chi connectivity index (χ3n) is 4.23. The summed E-state index contributed by atoms with van der Waals surface area (Å²) >= 11 is 0. The predicted octanol–water partition coefficient (Wildman–Crippen LogP) is 2.83. The number of likely N-dealkylation sites (N-methyl/N-ethyl adjacent to an activating group) is 1. The standard InChI is InChI=1S/C18H26N2O2/c1-3-9-17(21)20-13-8-12-16(20)18(22)19(4-2)14-15-10-6-5-7-11-15/h5-7,10-11,16H,3-4,8-9,12-14H2,1-2H3. The van der Waals surface area contributed by atoms with Crippen LogP contribution in [0.15, 0.2) is 30.3 Å². The first-order valence-electron chi connectivity index (χ1n) is 8.29. The van der Waals surface area contributed by atoms with Crippen molar-refractivity contribution in [3.05, 3.63) is 35.9 Å². The molecule has 0 spiro atoms. The quantitative estimate of drug-likeness (QED) is 0.811. The Bertz CT molecular complexity index is 501. The summed E-state index contributed by atoms with van der Waals surface area (Å²) in [5, 5.41) is 0. The molecule has 1 aromatic rings. The van der Waals surface area contributed by atoms with Crippen LogP contribution < -0.4 is 0 Å².